The van der Waals surface area contributed by atoms with Crippen LogP contribution >= 0.6 is 0 Å². The van der Waals surface area contributed by atoms with Crippen LogP contribution in [-0.4, -0.2) is 41.2 Å². The van der Waals surface area contributed by atoms with E-state index in [0.29, 0.717) is 19.0 Å². The third-order valence-electron chi connectivity index (χ3n) is 4.71. The van der Waals surface area contributed by atoms with E-state index in [9.17, 15) is 9.18 Å². The van der Waals surface area contributed by atoms with Crippen molar-refractivity contribution < 1.29 is 18.3 Å². The third-order valence-corrected chi connectivity index (χ3v) is 4.71. The van der Waals surface area contributed by atoms with Crippen LogP contribution in [0.1, 0.15) is 37.1 Å². The summed E-state index contributed by atoms with van der Waals surface area (Å²) in [6.45, 7) is 2.69. The minimum atomic E-state index is -1.34. The summed E-state index contributed by atoms with van der Waals surface area (Å²) >= 11 is 0. The third kappa shape index (κ3) is 2.91. The van der Waals surface area contributed by atoms with E-state index in [1.807, 2.05) is 0 Å². The maximum atomic E-state index is 14.2. The summed E-state index contributed by atoms with van der Waals surface area (Å²) in [5.41, 5.74) is -1.10. The number of hydrogen-bond acceptors (Lipinski definition) is 5. The maximum Gasteiger partial charge on any atom is 0.259 e. The Kier molecular flexibility index (Phi) is 4.62. The lowest BCUT2D eigenvalue weighted by molar-refractivity contribution is -0.155. The molecule has 0 aliphatic carbocycles. The number of ether oxygens (including phenoxy) is 1. The van der Waals surface area contributed by atoms with Gasteiger partial charge in [-0.3, -0.25) is 4.79 Å². The van der Waals surface area contributed by atoms with Crippen molar-refractivity contribution in [1.29, 1.82) is 0 Å². The van der Waals surface area contributed by atoms with Crippen LogP contribution in [0.25, 0.3) is 0 Å². The number of aromatic nitrogens is 2. The topological polar surface area (TPSA) is 68.5 Å². The summed E-state index contributed by atoms with van der Waals surface area (Å²) in [4.78, 5) is 14.7. The van der Waals surface area contributed by atoms with Crippen molar-refractivity contribution in [1.82, 2.24) is 15.1 Å². The Bertz CT molecular complexity index is 699. The molecule has 1 aromatic heterocycles. The smallest absolute Gasteiger partial charge is 0.259 e. The van der Waals surface area contributed by atoms with E-state index in [2.05, 4.69) is 10.2 Å². The predicted octanol–water partition coefficient (Wildman–Crippen LogP) is 2.48. The van der Waals surface area contributed by atoms with Gasteiger partial charge in [0.2, 0.25) is 12.3 Å². The standard InChI is InChI=1S/C17H20FN3O3/c1-17(23-2,13-5-3-4-6-14(13)18)16(22)21-9-7-12(8-10-21)15-20-19-11-24-15/h3-6,11-12H,7-10H2,1-2H3/t17-/m1/s1. The number of halogens is 1. The van der Waals surface area contributed by atoms with Crippen LogP contribution in [0.2, 0.25) is 0 Å². The molecule has 2 aromatic rings. The van der Waals surface area contributed by atoms with Gasteiger partial charge >= 0.3 is 0 Å². The molecule has 24 heavy (non-hydrogen) atoms. The molecule has 0 bridgehead atoms. The number of methoxy groups -OCH3 is 1. The molecule has 1 amide bonds. The number of amides is 1. The summed E-state index contributed by atoms with van der Waals surface area (Å²) in [6.07, 6.45) is 2.77. The van der Waals surface area contributed by atoms with Gasteiger partial charge in [0.25, 0.3) is 5.91 Å². The van der Waals surface area contributed by atoms with E-state index in [4.69, 9.17) is 9.15 Å². The quantitative estimate of drug-likeness (QED) is 0.860. The van der Waals surface area contributed by atoms with Crippen LogP contribution in [0.3, 0.4) is 0 Å². The molecule has 6 nitrogen and oxygen atoms in total. The summed E-state index contributed by atoms with van der Waals surface area (Å²) in [7, 11) is 1.43. The first kappa shape index (κ1) is 16.6. The highest BCUT2D eigenvalue weighted by molar-refractivity contribution is 5.86. The molecule has 7 heteroatoms. The van der Waals surface area contributed by atoms with Crippen LogP contribution in [0, 0.1) is 5.82 Å². The molecule has 1 aliphatic rings. The molecule has 0 radical (unpaired) electrons. The van der Waals surface area contributed by atoms with Gasteiger partial charge in [0.15, 0.2) is 5.60 Å². The van der Waals surface area contributed by atoms with Crippen molar-refractivity contribution in [3.05, 3.63) is 47.9 Å². The van der Waals surface area contributed by atoms with Gasteiger partial charge < -0.3 is 14.1 Å². The monoisotopic (exact) mass is 333 g/mol. The van der Waals surface area contributed by atoms with Crippen molar-refractivity contribution in [3.63, 3.8) is 0 Å². The number of carbonyl (C=O) groups excluding carboxylic acids is 1. The Morgan fingerprint density at radius 2 is 2.08 bits per heavy atom. The van der Waals surface area contributed by atoms with E-state index in [0.717, 1.165) is 12.8 Å². The first-order valence-electron chi connectivity index (χ1n) is 7.92. The van der Waals surface area contributed by atoms with Crippen LogP contribution < -0.4 is 0 Å². The van der Waals surface area contributed by atoms with Gasteiger partial charge in [0, 0.05) is 31.7 Å². The molecule has 1 fully saturated rings. The summed E-state index contributed by atoms with van der Waals surface area (Å²) in [6, 6.07) is 6.21. The van der Waals surface area contributed by atoms with Gasteiger partial charge in [0.1, 0.15) is 5.82 Å². The fourth-order valence-electron chi connectivity index (χ4n) is 3.15. The highest BCUT2D eigenvalue weighted by Crippen LogP contribution is 2.33. The first-order chi connectivity index (χ1) is 11.6. The number of hydrogen-bond donors (Lipinski definition) is 0. The molecule has 0 spiro atoms. The van der Waals surface area contributed by atoms with Gasteiger partial charge in [-0.2, -0.15) is 0 Å². The first-order valence-corrected chi connectivity index (χ1v) is 7.92. The zero-order valence-electron chi connectivity index (χ0n) is 13.7. The zero-order valence-corrected chi connectivity index (χ0v) is 13.7. The number of nitrogens with zero attached hydrogens (tertiary/aromatic N) is 3. The zero-order chi connectivity index (χ0) is 17.2. The predicted molar refractivity (Wildman–Crippen MR) is 83.6 cm³/mol. The van der Waals surface area contributed by atoms with Gasteiger partial charge in [-0.15, -0.1) is 10.2 Å². The molecule has 1 saturated heterocycles. The average molecular weight is 333 g/mol. The highest BCUT2D eigenvalue weighted by Gasteiger charge is 2.41. The molecule has 1 aromatic carbocycles. The van der Waals surface area contributed by atoms with Gasteiger partial charge in [-0.25, -0.2) is 4.39 Å². The number of likely N-dealkylation sites (tertiary alicyclic amines) is 1. The number of rotatable bonds is 4. The lowest BCUT2D eigenvalue weighted by Gasteiger charge is -2.37. The molecule has 0 saturated carbocycles. The fraction of sp³-hybridized carbons (Fsp3) is 0.471. The van der Waals surface area contributed by atoms with Crippen LogP contribution in [0.4, 0.5) is 4.39 Å². The Labute approximate surface area is 139 Å². The van der Waals surface area contributed by atoms with Crippen molar-refractivity contribution in [2.24, 2.45) is 0 Å². The average Bonchev–Trinajstić information content (AvgIpc) is 3.15. The van der Waals surface area contributed by atoms with Gasteiger partial charge in [-0.05, 0) is 25.8 Å². The number of piperidine rings is 1. The Balaban J connectivity index is 1.75. The molecular weight excluding hydrogens is 313 g/mol. The molecule has 1 aliphatic heterocycles. The van der Waals surface area contributed by atoms with E-state index in [1.165, 1.54) is 19.6 Å². The Morgan fingerprint density at radius 1 is 1.38 bits per heavy atom. The second kappa shape index (κ2) is 6.68. The number of benzene rings is 1. The summed E-state index contributed by atoms with van der Waals surface area (Å²) in [5.74, 6) is 0.0690. The molecule has 0 N–H and O–H groups in total. The van der Waals surface area contributed by atoms with E-state index >= 15 is 0 Å². The minimum Gasteiger partial charge on any atom is -0.428 e. The fourth-order valence-corrected chi connectivity index (χ4v) is 3.15. The van der Waals surface area contributed by atoms with Crippen LogP contribution in [0.15, 0.2) is 35.1 Å². The van der Waals surface area contributed by atoms with Crippen molar-refractivity contribution in [3.8, 4) is 0 Å². The highest BCUT2D eigenvalue weighted by atomic mass is 19.1. The summed E-state index contributed by atoms with van der Waals surface area (Å²) < 4.78 is 24.9. The molecule has 3 rings (SSSR count). The normalized spacial score (nSPS) is 18.4. The maximum absolute atomic E-state index is 14.2. The van der Waals surface area contributed by atoms with E-state index < -0.39 is 11.4 Å². The van der Waals surface area contributed by atoms with Gasteiger partial charge in [0.05, 0.1) is 0 Å². The number of carbonyl (C=O) groups is 1. The summed E-state index contributed by atoms with van der Waals surface area (Å²) in [5, 5.41) is 7.63. The Hall–Kier alpha value is -2.28. The minimum absolute atomic E-state index is 0.152. The Morgan fingerprint density at radius 3 is 2.67 bits per heavy atom. The largest absolute Gasteiger partial charge is 0.428 e. The lowest BCUT2D eigenvalue weighted by atomic mass is 9.90. The van der Waals surface area contributed by atoms with Crippen LogP contribution in [0.5, 0.6) is 0 Å². The SMILES string of the molecule is CO[C@@](C)(C(=O)N1CCC(c2nnco2)CC1)c1ccccc1F. The van der Waals surface area contributed by atoms with Crippen molar-refractivity contribution in [2.45, 2.75) is 31.3 Å². The molecule has 0 unspecified atom stereocenters. The second-order valence-corrected chi connectivity index (χ2v) is 6.06. The van der Waals surface area contributed by atoms with Crippen LogP contribution in [-0.2, 0) is 15.1 Å². The van der Waals surface area contributed by atoms with E-state index in [-0.39, 0.29) is 17.4 Å². The molecule has 2 heterocycles. The lowest BCUT2D eigenvalue weighted by Crippen LogP contribution is -2.49. The van der Waals surface area contributed by atoms with Crippen molar-refractivity contribution in [2.75, 3.05) is 20.2 Å². The molecule has 128 valence electrons. The molecular formula is C17H20FN3O3. The van der Waals surface area contributed by atoms with Gasteiger partial charge in [-0.1, -0.05) is 18.2 Å². The second-order valence-electron chi connectivity index (χ2n) is 6.06. The molecule has 1 atom stereocenters. The van der Waals surface area contributed by atoms with Crippen molar-refractivity contribution >= 4 is 5.91 Å². The van der Waals surface area contributed by atoms with E-state index in [1.54, 1.807) is 30.0 Å².